The molecule has 7 heteroatoms. The monoisotopic (exact) mass is 375 g/mol. The standard InChI is InChI=1S/C19H21N3O3.ClH/c20-14-5-4-13(10-14)19(24)22-15-6-8-16(9-7-15)25-17-3-1-2-12(11-17)18(21)23;/h1-3,6-9,11,13-14H,4-5,10,20H2,(H2,21,23)(H,22,24);1H. The molecule has 0 aliphatic heterocycles. The Morgan fingerprint density at radius 2 is 1.77 bits per heavy atom. The van der Waals surface area contributed by atoms with Crippen molar-refractivity contribution in [3.05, 3.63) is 54.1 Å². The molecule has 0 bridgehead atoms. The van der Waals surface area contributed by atoms with Crippen LogP contribution in [0.15, 0.2) is 48.5 Å². The van der Waals surface area contributed by atoms with Crippen LogP contribution in [0.2, 0.25) is 0 Å². The fourth-order valence-corrected chi connectivity index (χ4v) is 2.95. The summed E-state index contributed by atoms with van der Waals surface area (Å²) in [6.45, 7) is 0. The van der Waals surface area contributed by atoms with E-state index < -0.39 is 5.91 Å². The van der Waals surface area contributed by atoms with E-state index in [0.29, 0.717) is 22.7 Å². The average Bonchev–Trinajstić information content (AvgIpc) is 3.03. The Labute approximate surface area is 158 Å². The van der Waals surface area contributed by atoms with Crippen molar-refractivity contribution >= 4 is 29.9 Å². The van der Waals surface area contributed by atoms with Gasteiger partial charge in [-0.15, -0.1) is 12.4 Å². The quantitative estimate of drug-likeness (QED) is 0.746. The zero-order chi connectivity index (χ0) is 17.8. The minimum absolute atomic E-state index is 0. The summed E-state index contributed by atoms with van der Waals surface area (Å²) in [6, 6.07) is 13.9. The molecule has 2 atom stereocenters. The zero-order valence-corrected chi connectivity index (χ0v) is 15.0. The first-order chi connectivity index (χ1) is 12.0. The number of carbonyl (C=O) groups is 2. The van der Waals surface area contributed by atoms with E-state index in [0.717, 1.165) is 19.3 Å². The number of primary amides is 1. The lowest BCUT2D eigenvalue weighted by atomic mass is 10.1. The van der Waals surface area contributed by atoms with Gasteiger partial charge in [-0.05, 0) is 61.7 Å². The molecule has 2 aromatic carbocycles. The number of nitrogens with one attached hydrogen (secondary N) is 1. The van der Waals surface area contributed by atoms with Gasteiger partial charge in [0.2, 0.25) is 11.8 Å². The minimum Gasteiger partial charge on any atom is -0.457 e. The second-order valence-electron chi connectivity index (χ2n) is 6.28. The lowest BCUT2D eigenvalue weighted by Gasteiger charge is -2.12. The van der Waals surface area contributed by atoms with Crippen LogP contribution in [0.25, 0.3) is 0 Å². The van der Waals surface area contributed by atoms with Gasteiger partial charge in [0.25, 0.3) is 0 Å². The molecule has 6 nitrogen and oxygen atoms in total. The van der Waals surface area contributed by atoms with E-state index in [-0.39, 0.29) is 30.3 Å². The fraction of sp³-hybridized carbons (Fsp3) is 0.263. The molecule has 0 spiro atoms. The van der Waals surface area contributed by atoms with Crippen LogP contribution in [0, 0.1) is 5.92 Å². The number of anilines is 1. The van der Waals surface area contributed by atoms with E-state index in [4.69, 9.17) is 16.2 Å². The van der Waals surface area contributed by atoms with Crippen LogP contribution < -0.4 is 21.5 Å². The molecule has 5 N–H and O–H groups in total. The number of ether oxygens (including phenoxy) is 1. The second-order valence-corrected chi connectivity index (χ2v) is 6.28. The number of carbonyl (C=O) groups excluding carboxylic acids is 2. The third-order valence-electron chi connectivity index (χ3n) is 4.32. The lowest BCUT2D eigenvalue weighted by molar-refractivity contribution is -0.119. The van der Waals surface area contributed by atoms with Crippen molar-refractivity contribution in [2.75, 3.05) is 5.32 Å². The van der Waals surface area contributed by atoms with E-state index >= 15 is 0 Å². The molecule has 1 aliphatic rings. The van der Waals surface area contributed by atoms with Gasteiger partial charge in [-0.3, -0.25) is 9.59 Å². The molecule has 138 valence electrons. The van der Waals surface area contributed by atoms with Crippen molar-refractivity contribution in [2.24, 2.45) is 17.4 Å². The number of hydrogen-bond donors (Lipinski definition) is 3. The van der Waals surface area contributed by atoms with Gasteiger partial charge in [0.05, 0.1) is 0 Å². The van der Waals surface area contributed by atoms with Gasteiger partial charge in [0.1, 0.15) is 11.5 Å². The summed E-state index contributed by atoms with van der Waals surface area (Å²) in [6.07, 6.45) is 2.48. The van der Waals surface area contributed by atoms with E-state index in [2.05, 4.69) is 5.32 Å². The van der Waals surface area contributed by atoms with Crippen molar-refractivity contribution in [1.82, 2.24) is 0 Å². The minimum atomic E-state index is -0.504. The summed E-state index contributed by atoms with van der Waals surface area (Å²) in [4.78, 5) is 23.4. The smallest absolute Gasteiger partial charge is 0.248 e. The van der Waals surface area contributed by atoms with Crippen molar-refractivity contribution in [3.8, 4) is 11.5 Å². The Kier molecular flexibility index (Phi) is 6.60. The molecule has 2 amide bonds. The molecule has 2 aromatic rings. The predicted octanol–water partition coefficient (Wildman–Crippen LogP) is 3.07. The number of benzene rings is 2. The predicted molar refractivity (Wildman–Crippen MR) is 103 cm³/mol. The largest absolute Gasteiger partial charge is 0.457 e. The van der Waals surface area contributed by atoms with Crippen LogP contribution in [0.4, 0.5) is 5.69 Å². The van der Waals surface area contributed by atoms with Gasteiger partial charge < -0.3 is 21.5 Å². The van der Waals surface area contributed by atoms with Crippen molar-refractivity contribution in [1.29, 1.82) is 0 Å². The average molecular weight is 376 g/mol. The molecule has 1 saturated carbocycles. The van der Waals surface area contributed by atoms with Crippen LogP contribution in [0.3, 0.4) is 0 Å². The van der Waals surface area contributed by atoms with Crippen molar-refractivity contribution in [3.63, 3.8) is 0 Å². The lowest BCUT2D eigenvalue weighted by Crippen LogP contribution is -2.23. The van der Waals surface area contributed by atoms with Gasteiger partial charge in [-0.2, -0.15) is 0 Å². The molecule has 0 heterocycles. The van der Waals surface area contributed by atoms with Gasteiger partial charge in [-0.1, -0.05) is 6.07 Å². The van der Waals surface area contributed by atoms with Gasteiger partial charge in [0, 0.05) is 23.2 Å². The maximum Gasteiger partial charge on any atom is 0.248 e. The Morgan fingerprint density at radius 3 is 2.38 bits per heavy atom. The summed E-state index contributed by atoms with van der Waals surface area (Å²) < 4.78 is 5.71. The normalized spacial score (nSPS) is 18.7. The number of amides is 2. The number of hydrogen-bond acceptors (Lipinski definition) is 4. The molecular weight excluding hydrogens is 354 g/mol. The van der Waals surface area contributed by atoms with Gasteiger partial charge in [0.15, 0.2) is 0 Å². The Balaban J connectivity index is 0.00000243. The van der Waals surface area contributed by atoms with Crippen LogP contribution in [-0.4, -0.2) is 17.9 Å². The highest BCUT2D eigenvalue weighted by atomic mass is 35.5. The second kappa shape index (κ2) is 8.69. The summed E-state index contributed by atoms with van der Waals surface area (Å²) in [5.41, 5.74) is 12.2. The topological polar surface area (TPSA) is 107 Å². The third kappa shape index (κ3) is 4.97. The Bertz CT molecular complexity index is 780. The first-order valence-corrected chi connectivity index (χ1v) is 8.25. The number of rotatable bonds is 5. The van der Waals surface area contributed by atoms with Gasteiger partial charge in [-0.25, -0.2) is 0 Å². The summed E-state index contributed by atoms with van der Waals surface area (Å²) in [5.74, 6) is 0.615. The summed E-state index contributed by atoms with van der Waals surface area (Å²) >= 11 is 0. The van der Waals surface area contributed by atoms with Crippen molar-refractivity contribution < 1.29 is 14.3 Å². The molecule has 0 radical (unpaired) electrons. The first-order valence-electron chi connectivity index (χ1n) is 8.25. The maximum atomic E-state index is 12.2. The van der Waals surface area contributed by atoms with Crippen LogP contribution in [0.5, 0.6) is 11.5 Å². The molecule has 1 fully saturated rings. The molecule has 0 saturated heterocycles. The number of nitrogens with two attached hydrogens (primary N) is 2. The van der Waals surface area contributed by atoms with Crippen molar-refractivity contribution in [2.45, 2.75) is 25.3 Å². The molecule has 2 unspecified atom stereocenters. The number of halogens is 1. The van der Waals surface area contributed by atoms with Crippen LogP contribution in [-0.2, 0) is 4.79 Å². The molecule has 26 heavy (non-hydrogen) atoms. The molecule has 1 aliphatic carbocycles. The van der Waals surface area contributed by atoms with E-state index in [9.17, 15) is 9.59 Å². The highest BCUT2D eigenvalue weighted by Crippen LogP contribution is 2.27. The third-order valence-corrected chi connectivity index (χ3v) is 4.32. The van der Waals surface area contributed by atoms with Crippen LogP contribution in [0.1, 0.15) is 29.6 Å². The summed E-state index contributed by atoms with van der Waals surface area (Å²) in [7, 11) is 0. The maximum absolute atomic E-state index is 12.2. The van der Waals surface area contributed by atoms with E-state index in [1.807, 2.05) is 0 Å². The highest BCUT2D eigenvalue weighted by Gasteiger charge is 2.27. The first kappa shape index (κ1) is 19.8. The van der Waals surface area contributed by atoms with Crippen LogP contribution >= 0.6 is 12.4 Å². The summed E-state index contributed by atoms with van der Waals surface area (Å²) in [5, 5.41) is 2.91. The Hall–Kier alpha value is -2.57. The molecule has 0 aromatic heterocycles. The SMILES string of the molecule is Cl.NC(=O)c1cccc(Oc2ccc(NC(=O)C3CCC(N)C3)cc2)c1. The van der Waals surface area contributed by atoms with E-state index in [1.165, 1.54) is 0 Å². The van der Waals surface area contributed by atoms with E-state index in [1.54, 1.807) is 48.5 Å². The fourth-order valence-electron chi connectivity index (χ4n) is 2.95. The highest BCUT2D eigenvalue weighted by molar-refractivity contribution is 5.93. The molecular formula is C19H22ClN3O3. The molecule has 3 rings (SSSR count). The Morgan fingerprint density at radius 1 is 1.04 bits per heavy atom. The zero-order valence-electron chi connectivity index (χ0n) is 14.2. The van der Waals surface area contributed by atoms with Gasteiger partial charge >= 0.3 is 0 Å².